The number of likely N-dealkylation sites (N-methyl/N-ethyl adjacent to an activating group) is 1. The summed E-state index contributed by atoms with van der Waals surface area (Å²) in [5.74, 6) is -1.55. The van der Waals surface area contributed by atoms with E-state index in [0.717, 1.165) is 11.1 Å². The number of para-hydroxylation sites is 1. The maximum absolute atomic E-state index is 13.8. The first-order valence-corrected chi connectivity index (χ1v) is 11.8. The fourth-order valence-corrected chi connectivity index (χ4v) is 4.34. The molecule has 3 rings (SSSR count). The number of halogens is 1. The summed E-state index contributed by atoms with van der Waals surface area (Å²) in [7, 11) is 1.71. The monoisotopic (exact) mass is 467 g/mol. The zero-order chi connectivity index (χ0) is 25.0. The molecule has 0 unspecified atom stereocenters. The van der Waals surface area contributed by atoms with E-state index in [4.69, 9.17) is 0 Å². The molecule has 0 aromatic heterocycles. The van der Waals surface area contributed by atoms with Crippen LogP contribution in [0.15, 0.2) is 42.5 Å². The Morgan fingerprint density at radius 1 is 1.12 bits per heavy atom. The molecule has 2 aromatic carbocycles. The van der Waals surface area contributed by atoms with Gasteiger partial charge in [0.05, 0.1) is 6.04 Å². The highest BCUT2D eigenvalue weighted by Gasteiger charge is 2.42. The van der Waals surface area contributed by atoms with Gasteiger partial charge < -0.3 is 10.6 Å². The normalized spacial score (nSPS) is 16.8. The molecule has 0 saturated heterocycles. The van der Waals surface area contributed by atoms with Crippen molar-refractivity contribution in [2.75, 3.05) is 11.9 Å². The lowest BCUT2D eigenvalue weighted by Crippen LogP contribution is -2.51. The maximum atomic E-state index is 13.8. The second-order valence-corrected chi connectivity index (χ2v) is 9.38. The SMILES string of the molecule is CN[C@@H](C)C(=O)C[C@H](C(=O)N1c2ccccc2C[C@H]1C(=O)NCc1cc(F)ccc1C)C(C)C. The summed E-state index contributed by atoms with van der Waals surface area (Å²) in [4.78, 5) is 41.3. The summed E-state index contributed by atoms with van der Waals surface area (Å²) in [5.41, 5.74) is 3.18. The Kier molecular flexibility index (Phi) is 8.20. The molecule has 0 radical (unpaired) electrons. The minimum absolute atomic E-state index is 0.0374. The lowest BCUT2D eigenvalue weighted by molar-refractivity contribution is -0.131. The number of carbonyl (C=O) groups excluding carboxylic acids is 3. The zero-order valence-corrected chi connectivity index (χ0v) is 20.5. The van der Waals surface area contributed by atoms with E-state index >= 15 is 0 Å². The molecule has 0 spiro atoms. The van der Waals surface area contributed by atoms with Crippen molar-refractivity contribution in [2.45, 2.75) is 59.2 Å². The Labute approximate surface area is 200 Å². The molecule has 6 nitrogen and oxygen atoms in total. The van der Waals surface area contributed by atoms with Gasteiger partial charge in [0, 0.05) is 31.0 Å². The minimum atomic E-state index is -0.725. The fraction of sp³-hybridized carbons (Fsp3) is 0.444. The molecular formula is C27H34FN3O3. The third-order valence-electron chi connectivity index (χ3n) is 6.74. The number of rotatable bonds is 9. The van der Waals surface area contributed by atoms with E-state index in [1.54, 1.807) is 24.9 Å². The predicted octanol–water partition coefficient (Wildman–Crippen LogP) is 3.55. The van der Waals surface area contributed by atoms with E-state index in [0.29, 0.717) is 17.7 Å². The topological polar surface area (TPSA) is 78.5 Å². The Hall–Kier alpha value is -3.06. The van der Waals surface area contributed by atoms with Crippen molar-refractivity contribution in [1.29, 1.82) is 0 Å². The molecule has 182 valence electrons. The molecule has 2 amide bonds. The van der Waals surface area contributed by atoms with E-state index in [1.165, 1.54) is 12.1 Å². The highest BCUT2D eigenvalue weighted by atomic mass is 19.1. The Morgan fingerprint density at radius 2 is 1.82 bits per heavy atom. The first-order chi connectivity index (χ1) is 16.1. The van der Waals surface area contributed by atoms with Gasteiger partial charge in [-0.2, -0.15) is 0 Å². The van der Waals surface area contributed by atoms with E-state index in [1.807, 2.05) is 45.0 Å². The van der Waals surface area contributed by atoms with Gasteiger partial charge in [-0.25, -0.2) is 4.39 Å². The first-order valence-electron chi connectivity index (χ1n) is 11.8. The molecule has 0 fully saturated rings. The van der Waals surface area contributed by atoms with Crippen LogP contribution in [0.1, 0.15) is 43.9 Å². The van der Waals surface area contributed by atoms with Crippen LogP contribution in [0, 0.1) is 24.6 Å². The minimum Gasteiger partial charge on any atom is -0.350 e. The average molecular weight is 468 g/mol. The molecule has 3 atom stereocenters. The van der Waals surface area contributed by atoms with Crippen molar-refractivity contribution in [2.24, 2.45) is 11.8 Å². The van der Waals surface area contributed by atoms with Gasteiger partial charge in [0.25, 0.3) is 0 Å². The summed E-state index contributed by atoms with van der Waals surface area (Å²) < 4.78 is 13.7. The van der Waals surface area contributed by atoms with Crippen molar-refractivity contribution in [3.8, 4) is 0 Å². The number of hydrogen-bond donors (Lipinski definition) is 2. The number of Topliss-reactive ketones (excluding diaryl/α,β-unsaturated/α-hetero) is 1. The van der Waals surface area contributed by atoms with Crippen LogP contribution in [-0.4, -0.2) is 36.7 Å². The number of amides is 2. The second-order valence-electron chi connectivity index (χ2n) is 9.38. The van der Waals surface area contributed by atoms with Crippen LogP contribution in [0.5, 0.6) is 0 Å². The van der Waals surface area contributed by atoms with Crippen molar-refractivity contribution in [3.05, 3.63) is 65.0 Å². The lowest BCUT2D eigenvalue weighted by Gasteiger charge is -2.31. The number of benzene rings is 2. The van der Waals surface area contributed by atoms with Crippen LogP contribution in [0.2, 0.25) is 0 Å². The number of ketones is 1. The average Bonchev–Trinajstić information content (AvgIpc) is 3.21. The standard InChI is InChI=1S/C27H34FN3O3/c1-16(2)22(14-25(32)18(4)29-5)27(34)31-23-9-7-6-8-19(23)13-24(31)26(33)30-15-20-12-21(28)11-10-17(20)3/h6-12,16,18,22,24,29H,13-15H2,1-5H3,(H,30,33)/t18-,22-,24-/m0/s1. The van der Waals surface area contributed by atoms with Gasteiger partial charge in [0.15, 0.2) is 0 Å². The van der Waals surface area contributed by atoms with E-state index < -0.39 is 12.0 Å². The summed E-state index contributed by atoms with van der Waals surface area (Å²) in [5, 5.41) is 5.82. The number of nitrogens with one attached hydrogen (secondary N) is 2. The quantitative estimate of drug-likeness (QED) is 0.591. The van der Waals surface area contributed by atoms with Crippen molar-refractivity contribution in [3.63, 3.8) is 0 Å². The first kappa shape index (κ1) is 25.6. The van der Waals surface area contributed by atoms with Crippen molar-refractivity contribution >= 4 is 23.3 Å². The number of nitrogens with zero attached hydrogens (tertiary/aromatic N) is 1. The fourth-order valence-electron chi connectivity index (χ4n) is 4.34. The van der Waals surface area contributed by atoms with Crippen LogP contribution >= 0.6 is 0 Å². The molecule has 2 N–H and O–H groups in total. The molecule has 1 aliphatic rings. The molecule has 0 aliphatic carbocycles. The van der Waals surface area contributed by atoms with Gasteiger partial charge in [0.2, 0.25) is 11.8 Å². The Balaban J connectivity index is 1.85. The number of carbonyl (C=O) groups is 3. The number of anilines is 1. The molecular weight excluding hydrogens is 433 g/mol. The van der Waals surface area contributed by atoms with Crippen molar-refractivity contribution in [1.82, 2.24) is 10.6 Å². The number of fused-ring (bicyclic) bond motifs is 1. The molecule has 7 heteroatoms. The Bertz CT molecular complexity index is 1070. The zero-order valence-electron chi connectivity index (χ0n) is 20.5. The summed E-state index contributed by atoms with van der Waals surface area (Å²) in [6.45, 7) is 7.65. The maximum Gasteiger partial charge on any atom is 0.243 e. The van der Waals surface area contributed by atoms with E-state index in [2.05, 4.69) is 10.6 Å². The van der Waals surface area contributed by atoms with Gasteiger partial charge in [-0.3, -0.25) is 19.3 Å². The third kappa shape index (κ3) is 5.53. The molecule has 34 heavy (non-hydrogen) atoms. The molecule has 1 aliphatic heterocycles. The smallest absolute Gasteiger partial charge is 0.243 e. The summed E-state index contributed by atoms with van der Waals surface area (Å²) in [6.07, 6.45) is 0.496. The van der Waals surface area contributed by atoms with Gasteiger partial charge in [-0.1, -0.05) is 38.1 Å². The van der Waals surface area contributed by atoms with Crippen molar-refractivity contribution < 1.29 is 18.8 Å². The molecule has 0 bridgehead atoms. The van der Waals surface area contributed by atoms with E-state index in [-0.39, 0.29) is 48.3 Å². The highest BCUT2D eigenvalue weighted by Crippen LogP contribution is 2.35. The summed E-state index contributed by atoms with van der Waals surface area (Å²) >= 11 is 0. The second kappa shape index (κ2) is 10.9. The van der Waals surface area contributed by atoms with Gasteiger partial charge in [0.1, 0.15) is 17.6 Å². The van der Waals surface area contributed by atoms with Gasteiger partial charge in [-0.05, 0) is 61.7 Å². The predicted molar refractivity (Wildman–Crippen MR) is 131 cm³/mol. The lowest BCUT2D eigenvalue weighted by atomic mass is 9.87. The molecule has 1 heterocycles. The van der Waals surface area contributed by atoms with Crippen LogP contribution in [0.3, 0.4) is 0 Å². The summed E-state index contributed by atoms with van der Waals surface area (Å²) in [6, 6.07) is 10.9. The molecule has 2 aromatic rings. The third-order valence-corrected chi connectivity index (χ3v) is 6.74. The van der Waals surface area contributed by atoms with E-state index in [9.17, 15) is 18.8 Å². The highest BCUT2D eigenvalue weighted by molar-refractivity contribution is 6.05. The van der Waals surface area contributed by atoms with Crippen LogP contribution in [0.25, 0.3) is 0 Å². The largest absolute Gasteiger partial charge is 0.350 e. The molecule has 0 saturated carbocycles. The van der Waals surface area contributed by atoms with Crippen LogP contribution in [0.4, 0.5) is 10.1 Å². The Morgan fingerprint density at radius 3 is 2.50 bits per heavy atom. The number of aryl methyl sites for hydroxylation is 1. The van der Waals surface area contributed by atoms with Gasteiger partial charge >= 0.3 is 0 Å². The number of hydrogen-bond acceptors (Lipinski definition) is 4. The van der Waals surface area contributed by atoms with Crippen LogP contribution < -0.4 is 15.5 Å². The van der Waals surface area contributed by atoms with Gasteiger partial charge in [-0.15, -0.1) is 0 Å². The van der Waals surface area contributed by atoms with Crippen LogP contribution in [-0.2, 0) is 27.3 Å².